The molecule has 180 valence electrons. The predicted octanol–water partition coefficient (Wildman–Crippen LogP) is 3.40. The van der Waals surface area contributed by atoms with Gasteiger partial charge in [0.1, 0.15) is 6.04 Å². The lowest BCUT2D eigenvalue weighted by molar-refractivity contribution is -0.385. The highest BCUT2D eigenvalue weighted by molar-refractivity contribution is 6.34. The molecule has 34 heavy (non-hydrogen) atoms. The second kappa shape index (κ2) is 11.2. The number of nitro groups is 2. The van der Waals surface area contributed by atoms with Gasteiger partial charge in [0.25, 0.3) is 23.2 Å². The number of carbonyl (C=O) groups is 3. The van der Waals surface area contributed by atoms with E-state index < -0.39 is 46.2 Å². The number of nitro benzene ring substituents is 2. The van der Waals surface area contributed by atoms with E-state index in [0.717, 1.165) is 18.2 Å². The molecule has 0 saturated carbocycles. The molecule has 13 heteroatoms. The Bertz CT molecular complexity index is 1150. The molecule has 0 aliphatic heterocycles. The topological polar surface area (TPSA) is 171 Å². The zero-order valence-corrected chi connectivity index (χ0v) is 19.1. The number of amides is 2. The number of carbonyl (C=O) groups excluding carboxylic acids is 3. The summed E-state index contributed by atoms with van der Waals surface area (Å²) < 4.78 is 5.01. The van der Waals surface area contributed by atoms with Crippen LogP contribution in [0, 0.1) is 33.1 Å². The molecule has 2 amide bonds. The van der Waals surface area contributed by atoms with E-state index in [4.69, 9.17) is 16.3 Å². The van der Waals surface area contributed by atoms with E-state index in [1.807, 2.05) is 0 Å². The normalized spacial score (nSPS) is 11.4. The van der Waals surface area contributed by atoms with Gasteiger partial charge in [0.2, 0.25) is 0 Å². The smallest absolute Gasteiger partial charge is 0.329 e. The van der Waals surface area contributed by atoms with Crippen LogP contribution in [-0.4, -0.2) is 40.3 Å². The van der Waals surface area contributed by atoms with E-state index in [2.05, 4.69) is 10.6 Å². The largest absolute Gasteiger partial charge is 0.454 e. The minimum absolute atomic E-state index is 0.0791. The molecule has 0 aromatic heterocycles. The Balaban J connectivity index is 2.03. The first kappa shape index (κ1) is 26.2. The molecular weight excluding hydrogens is 472 g/mol. The molecule has 0 spiro atoms. The molecule has 0 aliphatic carbocycles. The van der Waals surface area contributed by atoms with Gasteiger partial charge in [0, 0.05) is 18.2 Å². The molecule has 0 bridgehead atoms. The lowest BCUT2D eigenvalue weighted by atomic mass is 10.0. The third kappa shape index (κ3) is 6.48. The van der Waals surface area contributed by atoms with E-state index in [1.54, 1.807) is 13.8 Å². The molecule has 2 N–H and O–H groups in total. The number of rotatable bonds is 9. The van der Waals surface area contributed by atoms with Crippen LogP contribution in [0.25, 0.3) is 0 Å². The van der Waals surface area contributed by atoms with Gasteiger partial charge in [-0.25, -0.2) is 4.79 Å². The third-order valence-electron chi connectivity index (χ3n) is 4.74. The zero-order chi connectivity index (χ0) is 25.6. The summed E-state index contributed by atoms with van der Waals surface area (Å²) >= 11 is 5.96. The van der Waals surface area contributed by atoms with Crippen LogP contribution in [0.4, 0.5) is 17.1 Å². The van der Waals surface area contributed by atoms with Crippen molar-refractivity contribution in [2.24, 2.45) is 5.92 Å². The third-order valence-corrected chi connectivity index (χ3v) is 5.05. The molecule has 2 aromatic rings. The molecular formula is C21H21ClN4O8. The molecule has 0 heterocycles. The van der Waals surface area contributed by atoms with Crippen molar-refractivity contribution in [3.05, 3.63) is 72.8 Å². The summed E-state index contributed by atoms with van der Waals surface area (Å²) in [7, 11) is 0. The van der Waals surface area contributed by atoms with E-state index in [-0.39, 0.29) is 33.2 Å². The Kier molecular flexibility index (Phi) is 8.62. The van der Waals surface area contributed by atoms with Crippen molar-refractivity contribution in [3.8, 4) is 0 Å². The minimum atomic E-state index is -1.15. The molecule has 2 aromatic carbocycles. The standard InChI is InChI=1S/C21H21ClN4O8/c1-11(2)19(24-20(28)14-8-7-13(25(30)31)9-15(14)22)21(29)34-10-18(27)23-16-5-4-6-17(12(16)3)26(32)33/h4-9,11,19H,10H2,1-3H3,(H,23,27)(H,24,28)/t19-/m0/s1. The average Bonchev–Trinajstić information content (AvgIpc) is 2.76. The van der Waals surface area contributed by atoms with Crippen molar-refractivity contribution < 1.29 is 29.0 Å². The van der Waals surface area contributed by atoms with Crippen LogP contribution in [0.15, 0.2) is 36.4 Å². The molecule has 0 saturated heterocycles. The Morgan fingerprint density at radius 2 is 1.76 bits per heavy atom. The summed E-state index contributed by atoms with van der Waals surface area (Å²) in [6.45, 7) is 4.04. The van der Waals surface area contributed by atoms with Crippen molar-refractivity contribution >= 4 is 46.4 Å². The van der Waals surface area contributed by atoms with Crippen molar-refractivity contribution in [2.45, 2.75) is 26.8 Å². The maximum Gasteiger partial charge on any atom is 0.329 e. The number of benzene rings is 2. The first-order valence-electron chi connectivity index (χ1n) is 9.87. The quantitative estimate of drug-likeness (QED) is 0.304. The number of halogens is 1. The number of nitrogens with one attached hydrogen (secondary N) is 2. The summed E-state index contributed by atoms with van der Waals surface area (Å²) in [6.07, 6.45) is 0. The zero-order valence-electron chi connectivity index (χ0n) is 18.4. The van der Waals surface area contributed by atoms with Gasteiger partial charge < -0.3 is 15.4 Å². The van der Waals surface area contributed by atoms with Gasteiger partial charge in [0.15, 0.2) is 6.61 Å². The van der Waals surface area contributed by atoms with Crippen LogP contribution in [0.2, 0.25) is 5.02 Å². The van der Waals surface area contributed by atoms with Crippen LogP contribution >= 0.6 is 11.6 Å². The second-order valence-electron chi connectivity index (χ2n) is 7.48. The number of esters is 1. The highest BCUT2D eigenvalue weighted by Gasteiger charge is 2.28. The minimum Gasteiger partial charge on any atom is -0.454 e. The van der Waals surface area contributed by atoms with Crippen molar-refractivity contribution in [1.29, 1.82) is 0 Å². The van der Waals surface area contributed by atoms with Gasteiger partial charge in [-0.15, -0.1) is 0 Å². The number of hydrogen-bond donors (Lipinski definition) is 2. The van der Waals surface area contributed by atoms with E-state index in [0.29, 0.717) is 0 Å². The summed E-state index contributed by atoms with van der Waals surface area (Å²) in [5, 5.41) is 26.6. The van der Waals surface area contributed by atoms with Crippen LogP contribution in [-0.2, 0) is 14.3 Å². The fraction of sp³-hybridized carbons (Fsp3) is 0.286. The number of anilines is 1. The van der Waals surface area contributed by atoms with Gasteiger partial charge in [-0.05, 0) is 25.0 Å². The van der Waals surface area contributed by atoms with Crippen LogP contribution in [0.5, 0.6) is 0 Å². The SMILES string of the molecule is Cc1c(NC(=O)COC(=O)[C@@H](NC(=O)c2ccc([N+](=O)[O-])cc2Cl)C(C)C)cccc1[N+](=O)[O-]. The predicted molar refractivity (Wildman–Crippen MR) is 122 cm³/mol. The number of hydrogen-bond acceptors (Lipinski definition) is 8. The Morgan fingerprint density at radius 3 is 2.32 bits per heavy atom. The molecule has 1 atom stereocenters. The number of non-ortho nitro benzene ring substituents is 1. The van der Waals surface area contributed by atoms with Crippen LogP contribution in [0.3, 0.4) is 0 Å². The Hall–Kier alpha value is -4.06. The summed E-state index contributed by atoms with van der Waals surface area (Å²) in [6, 6.07) is 6.29. The van der Waals surface area contributed by atoms with Crippen molar-refractivity contribution in [2.75, 3.05) is 11.9 Å². The highest BCUT2D eigenvalue weighted by Crippen LogP contribution is 2.25. The molecule has 0 fully saturated rings. The van der Waals surface area contributed by atoms with Crippen molar-refractivity contribution in [1.82, 2.24) is 5.32 Å². The maximum atomic E-state index is 12.6. The molecule has 12 nitrogen and oxygen atoms in total. The highest BCUT2D eigenvalue weighted by atomic mass is 35.5. The Morgan fingerprint density at radius 1 is 1.09 bits per heavy atom. The van der Waals surface area contributed by atoms with Gasteiger partial charge in [-0.1, -0.05) is 31.5 Å². The molecule has 2 rings (SSSR count). The number of nitrogens with zero attached hydrogens (tertiary/aromatic N) is 2. The fourth-order valence-electron chi connectivity index (χ4n) is 2.89. The molecule has 0 unspecified atom stereocenters. The van der Waals surface area contributed by atoms with E-state index in [9.17, 15) is 34.6 Å². The van der Waals surface area contributed by atoms with Gasteiger partial charge in [-0.3, -0.25) is 29.8 Å². The fourth-order valence-corrected chi connectivity index (χ4v) is 3.15. The Labute approximate surface area is 198 Å². The van der Waals surface area contributed by atoms with Gasteiger partial charge >= 0.3 is 5.97 Å². The number of ether oxygens (including phenoxy) is 1. The first-order valence-corrected chi connectivity index (χ1v) is 10.3. The van der Waals surface area contributed by atoms with E-state index >= 15 is 0 Å². The lowest BCUT2D eigenvalue weighted by Gasteiger charge is -2.21. The monoisotopic (exact) mass is 492 g/mol. The summed E-state index contributed by atoms with van der Waals surface area (Å²) in [5.74, 6) is -2.82. The average molecular weight is 493 g/mol. The molecule has 0 aliphatic rings. The van der Waals surface area contributed by atoms with Crippen LogP contribution in [0.1, 0.15) is 29.8 Å². The van der Waals surface area contributed by atoms with Gasteiger partial charge in [-0.2, -0.15) is 0 Å². The molecule has 0 radical (unpaired) electrons. The first-order chi connectivity index (χ1) is 15.9. The van der Waals surface area contributed by atoms with Crippen molar-refractivity contribution in [3.63, 3.8) is 0 Å². The maximum absolute atomic E-state index is 12.6. The summed E-state index contributed by atoms with van der Waals surface area (Å²) in [5.41, 5.74) is -0.130. The summed E-state index contributed by atoms with van der Waals surface area (Å²) in [4.78, 5) is 57.9. The van der Waals surface area contributed by atoms with E-state index in [1.165, 1.54) is 25.1 Å². The lowest BCUT2D eigenvalue weighted by Crippen LogP contribution is -2.46. The van der Waals surface area contributed by atoms with Crippen LogP contribution < -0.4 is 10.6 Å². The second-order valence-corrected chi connectivity index (χ2v) is 7.89. The van der Waals surface area contributed by atoms with Gasteiger partial charge in [0.05, 0.1) is 31.7 Å².